The zero-order valence-electron chi connectivity index (χ0n) is 8.37. The number of H-pyrrole nitrogens is 1. The number of fused-ring (bicyclic) bond motifs is 1. The van der Waals surface area contributed by atoms with Gasteiger partial charge in [0.25, 0.3) is 0 Å². The molecule has 0 bridgehead atoms. The van der Waals surface area contributed by atoms with Gasteiger partial charge in [-0.05, 0) is 24.6 Å². The van der Waals surface area contributed by atoms with E-state index in [4.69, 9.17) is 28.9 Å². The van der Waals surface area contributed by atoms with Gasteiger partial charge in [-0.1, -0.05) is 23.8 Å². The summed E-state index contributed by atoms with van der Waals surface area (Å²) >= 11 is 11.7. The van der Waals surface area contributed by atoms with Gasteiger partial charge in [-0.25, -0.2) is 4.98 Å². The third kappa shape index (κ3) is 2.19. The van der Waals surface area contributed by atoms with Gasteiger partial charge in [-0.2, -0.15) is 4.98 Å². The van der Waals surface area contributed by atoms with Crippen LogP contribution in [0.3, 0.4) is 0 Å². The number of nitrogens with one attached hydrogen (secondary N) is 1. The molecule has 0 spiro atoms. The Morgan fingerprint density at radius 2 is 2.19 bits per heavy atom. The van der Waals surface area contributed by atoms with E-state index in [1.165, 1.54) is 0 Å². The van der Waals surface area contributed by atoms with Crippen LogP contribution in [0.25, 0.3) is 17.1 Å². The molecule has 0 saturated carbocycles. The minimum Gasteiger partial charge on any atom is -0.345 e. The van der Waals surface area contributed by atoms with Gasteiger partial charge in [0.1, 0.15) is 10.8 Å². The molecule has 16 heavy (non-hydrogen) atoms. The predicted molar refractivity (Wildman–Crippen MR) is 66.6 cm³/mol. The first-order valence-corrected chi connectivity index (χ1v) is 5.54. The van der Waals surface area contributed by atoms with E-state index >= 15 is 0 Å². The second-order valence-electron chi connectivity index (χ2n) is 3.23. The van der Waals surface area contributed by atoms with Crippen LogP contribution in [0.5, 0.6) is 0 Å². The number of hydrogen-bond acceptors (Lipinski definition) is 3. The van der Waals surface area contributed by atoms with Gasteiger partial charge in [0, 0.05) is 11.8 Å². The number of aromatic nitrogens is 3. The molecule has 2 rings (SSSR count). The van der Waals surface area contributed by atoms with Gasteiger partial charge in [0.15, 0.2) is 0 Å². The molecule has 4 nitrogen and oxygen atoms in total. The molecule has 0 unspecified atom stereocenters. The minimum atomic E-state index is 0.136. The SMILES string of the molecule is NCCC=Cc1c[nH]c2nc(Cl)nc(Cl)c12. The predicted octanol–water partition coefficient (Wildman–Crippen LogP) is 2.63. The van der Waals surface area contributed by atoms with Crippen LogP contribution in [0, 0.1) is 0 Å². The molecule has 0 aromatic carbocycles. The molecule has 2 aromatic rings. The molecule has 6 heteroatoms. The first kappa shape index (κ1) is 11.4. The maximum atomic E-state index is 6.01. The average Bonchev–Trinajstić information content (AvgIpc) is 2.62. The van der Waals surface area contributed by atoms with Crippen molar-refractivity contribution in [2.24, 2.45) is 5.73 Å². The summed E-state index contributed by atoms with van der Waals surface area (Å²) in [5.74, 6) is 0. The Morgan fingerprint density at radius 1 is 1.38 bits per heavy atom. The third-order valence-corrected chi connectivity index (χ3v) is 2.56. The van der Waals surface area contributed by atoms with Gasteiger partial charge in [-0.15, -0.1) is 0 Å². The standard InChI is InChI=1S/C10H10Cl2N4/c11-8-7-6(3-1-2-4-13)5-14-9(7)16-10(12)15-8/h1,3,5H,2,4,13H2,(H,14,15,16). The Labute approximate surface area is 102 Å². The molecule has 0 aliphatic carbocycles. The van der Waals surface area contributed by atoms with E-state index in [0.29, 0.717) is 17.3 Å². The van der Waals surface area contributed by atoms with Gasteiger partial charge < -0.3 is 10.7 Å². The fourth-order valence-electron chi connectivity index (χ4n) is 1.42. The van der Waals surface area contributed by atoms with Gasteiger partial charge in [-0.3, -0.25) is 0 Å². The number of nitrogens with two attached hydrogens (primary N) is 1. The molecule has 0 aliphatic rings. The van der Waals surface area contributed by atoms with Crippen LogP contribution in [0.4, 0.5) is 0 Å². The van der Waals surface area contributed by atoms with Crippen molar-refractivity contribution in [3.8, 4) is 0 Å². The normalized spacial score (nSPS) is 11.7. The molecule has 0 saturated heterocycles. The monoisotopic (exact) mass is 256 g/mol. The zero-order valence-corrected chi connectivity index (χ0v) is 9.89. The van der Waals surface area contributed by atoms with E-state index in [2.05, 4.69) is 15.0 Å². The first-order chi connectivity index (χ1) is 7.72. The highest BCUT2D eigenvalue weighted by molar-refractivity contribution is 6.36. The lowest BCUT2D eigenvalue weighted by atomic mass is 10.2. The third-order valence-electron chi connectivity index (χ3n) is 2.12. The lowest BCUT2D eigenvalue weighted by Crippen LogP contribution is -1.94. The van der Waals surface area contributed by atoms with Gasteiger partial charge in [0.05, 0.1) is 5.39 Å². The molecular formula is C10H10Cl2N4. The van der Waals surface area contributed by atoms with Crippen molar-refractivity contribution in [3.63, 3.8) is 0 Å². The molecule has 2 aromatic heterocycles. The smallest absolute Gasteiger partial charge is 0.225 e. The first-order valence-electron chi connectivity index (χ1n) is 4.79. The van der Waals surface area contributed by atoms with Crippen LogP contribution < -0.4 is 5.73 Å². The Kier molecular flexibility index (Phi) is 3.43. The number of aromatic amines is 1. The van der Waals surface area contributed by atoms with Crippen molar-refractivity contribution in [2.45, 2.75) is 6.42 Å². The average molecular weight is 257 g/mol. The van der Waals surface area contributed by atoms with E-state index < -0.39 is 0 Å². The number of rotatable bonds is 3. The quantitative estimate of drug-likeness (QED) is 0.656. The van der Waals surface area contributed by atoms with Crippen molar-refractivity contribution >= 4 is 40.3 Å². The highest BCUT2D eigenvalue weighted by Crippen LogP contribution is 2.26. The van der Waals surface area contributed by atoms with Crippen LogP contribution in [-0.2, 0) is 0 Å². The van der Waals surface area contributed by atoms with E-state index in [0.717, 1.165) is 17.4 Å². The lowest BCUT2D eigenvalue weighted by molar-refractivity contribution is 1.01. The van der Waals surface area contributed by atoms with Crippen molar-refractivity contribution in [3.05, 3.63) is 28.3 Å². The Balaban J connectivity index is 2.48. The summed E-state index contributed by atoms with van der Waals surface area (Å²) in [5.41, 5.74) is 6.97. The van der Waals surface area contributed by atoms with E-state index in [1.807, 2.05) is 18.3 Å². The summed E-state index contributed by atoms with van der Waals surface area (Å²) in [7, 11) is 0. The second-order valence-corrected chi connectivity index (χ2v) is 3.93. The molecule has 0 amide bonds. The Bertz CT molecular complexity index is 533. The summed E-state index contributed by atoms with van der Waals surface area (Å²) < 4.78 is 0. The summed E-state index contributed by atoms with van der Waals surface area (Å²) in [5, 5.41) is 1.26. The largest absolute Gasteiger partial charge is 0.345 e. The van der Waals surface area contributed by atoms with Gasteiger partial charge >= 0.3 is 0 Å². The molecular weight excluding hydrogens is 247 g/mol. The molecule has 84 valence electrons. The van der Waals surface area contributed by atoms with E-state index in [9.17, 15) is 0 Å². The van der Waals surface area contributed by atoms with Crippen LogP contribution in [-0.4, -0.2) is 21.5 Å². The summed E-state index contributed by atoms with van der Waals surface area (Å²) in [6.45, 7) is 0.620. The number of hydrogen-bond donors (Lipinski definition) is 2. The molecule has 0 aliphatic heterocycles. The number of halogens is 2. The molecule has 0 radical (unpaired) electrons. The summed E-state index contributed by atoms with van der Waals surface area (Å²) in [6, 6.07) is 0. The lowest BCUT2D eigenvalue weighted by Gasteiger charge is -1.95. The number of nitrogens with zero attached hydrogens (tertiary/aromatic N) is 2. The maximum Gasteiger partial charge on any atom is 0.225 e. The summed E-state index contributed by atoms with van der Waals surface area (Å²) in [4.78, 5) is 10.9. The minimum absolute atomic E-state index is 0.136. The highest BCUT2D eigenvalue weighted by Gasteiger charge is 2.09. The molecule has 3 N–H and O–H groups in total. The van der Waals surface area contributed by atoms with Crippen molar-refractivity contribution in [2.75, 3.05) is 6.54 Å². The van der Waals surface area contributed by atoms with Gasteiger partial charge in [0.2, 0.25) is 5.28 Å². The second kappa shape index (κ2) is 4.82. The highest BCUT2D eigenvalue weighted by atomic mass is 35.5. The fraction of sp³-hybridized carbons (Fsp3) is 0.200. The van der Waals surface area contributed by atoms with E-state index in [1.54, 1.807) is 0 Å². The van der Waals surface area contributed by atoms with Crippen LogP contribution in [0.1, 0.15) is 12.0 Å². The van der Waals surface area contributed by atoms with Crippen molar-refractivity contribution in [1.82, 2.24) is 15.0 Å². The Hall–Kier alpha value is -1.10. The van der Waals surface area contributed by atoms with Crippen LogP contribution in [0.2, 0.25) is 10.4 Å². The van der Waals surface area contributed by atoms with Crippen molar-refractivity contribution < 1.29 is 0 Å². The van der Waals surface area contributed by atoms with Crippen LogP contribution >= 0.6 is 23.2 Å². The summed E-state index contributed by atoms with van der Waals surface area (Å²) in [6.07, 6.45) is 6.55. The molecule has 0 fully saturated rings. The maximum absolute atomic E-state index is 6.01. The zero-order chi connectivity index (χ0) is 11.5. The topological polar surface area (TPSA) is 67.6 Å². The van der Waals surface area contributed by atoms with E-state index in [-0.39, 0.29) is 5.28 Å². The fourth-order valence-corrected chi connectivity index (χ4v) is 1.92. The van der Waals surface area contributed by atoms with Crippen LogP contribution in [0.15, 0.2) is 12.3 Å². The Morgan fingerprint density at radius 3 is 2.94 bits per heavy atom. The van der Waals surface area contributed by atoms with Crippen molar-refractivity contribution in [1.29, 1.82) is 0 Å². The molecule has 0 atom stereocenters. The molecule has 2 heterocycles.